The first-order chi connectivity index (χ1) is 14.0. The molecule has 2 aromatic carbocycles. The van der Waals surface area contributed by atoms with E-state index in [2.05, 4.69) is 0 Å². The van der Waals surface area contributed by atoms with Crippen molar-refractivity contribution < 1.29 is 29.2 Å². The van der Waals surface area contributed by atoms with Crippen LogP contribution in [0.4, 0.5) is 0 Å². The summed E-state index contributed by atoms with van der Waals surface area (Å²) in [6, 6.07) is 9.73. The van der Waals surface area contributed by atoms with Crippen LogP contribution in [0, 0.1) is 0 Å². The van der Waals surface area contributed by atoms with E-state index in [1.165, 1.54) is 38.5 Å². The SMILES string of the molecule is CCOC(=C\C(=O)/C=C/c1ccc(O)c(OC)c1)/C=C/c1ccc(O)c(OC)c1. The quantitative estimate of drug-likeness (QED) is 0.373. The number of hydrogen-bond acceptors (Lipinski definition) is 6. The lowest BCUT2D eigenvalue weighted by atomic mass is 10.1. The minimum Gasteiger partial charge on any atom is -0.504 e. The summed E-state index contributed by atoms with van der Waals surface area (Å²) in [6.45, 7) is 2.23. The standard InChI is InChI=1S/C23H24O6/c1-4-29-19(10-6-17-8-12-21(26)23(14-17)28-3)15-18(24)9-5-16-7-11-20(25)22(13-16)27-2/h5-15,25-26H,4H2,1-3H3/b9-5+,10-6+,19-15-. The van der Waals surface area contributed by atoms with E-state index in [4.69, 9.17) is 14.2 Å². The van der Waals surface area contributed by atoms with E-state index >= 15 is 0 Å². The number of carbonyl (C=O) groups excluding carboxylic acids is 1. The fourth-order valence-corrected chi connectivity index (χ4v) is 2.45. The molecule has 0 saturated carbocycles. The number of methoxy groups -OCH3 is 2. The lowest BCUT2D eigenvalue weighted by molar-refractivity contribution is -0.110. The van der Waals surface area contributed by atoms with Crippen LogP contribution in [0.5, 0.6) is 23.0 Å². The van der Waals surface area contributed by atoms with E-state index in [9.17, 15) is 15.0 Å². The van der Waals surface area contributed by atoms with Gasteiger partial charge in [-0.25, -0.2) is 0 Å². The molecular formula is C23H24O6. The maximum absolute atomic E-state index is 12.3. The van der Waals surface area contributed by atoms with Gasteiger partial charge in [-0.1, -0.05) is 24.3 Å². The molecule has 2 aromatic rings. The molecule has 152 valence electrons. The summed E-state index contributed by atoms with van der Waals surface area (Å²) in [5, 5.41) is 19.3. The molecule has 6 nitrogen and oxygen atoms in total. The second-order valence-corrected chi connectivity index (χ2v) is 5.91. The van der Waals surface area contributed by atoms with Gasteiger partial charge in [-0.3, -0.25) is 4.79 Å². The van der Waals surface area contributed by atoms with Crippen molar-refractivity contribution in [1.29, 1.82) is 0 Å². The molecule has 0 saturated heterocycles. The normalized spacial score (nSPS) is 11.8. The fourth-order valence-electron chi connectivity index (χ4n) is 2.45. The van der Waals surface area contributed by atoms with Gasteiger partial charge in [0.15, 0.2) is 28.8 Å². The van der Waals surface area contributed by atoms with Crippen molar-refractivity contribution in [2.75, 3.05) is 20.8 Å². The summed E-state index contributed by atoms with van der Waals surface area (Å²) in [5.74, 6) is 0.919. The Hall–Kier alpha value is -3.67. The lowest BCUT2D eigenvalue weighted by Gasteiger charge is -2.05. The molecule has 29 heavy (non-hydrogen) atoms. The van der Waals surface area contributed by atoms with E-state index < -0.39 is 0 Å². The molecule has 0 heterocycles. The monoisotopic (exact) mass is 396 g/mol. The number of carbonyl (C=O) groups is 1. The number of rotatable bonds is 9. The Kier molecular flexibility index (Phi) is 7.91. The molecule has 0 aliphatic carbocycles. The minimum atomic E-state index is -0.256. The van der Waals surface area contributed by atoms with Crippen molar-refractivity contribution in [1.82, 2.24) is 0 Å². The zero-order valence-electron chi connectivity index (χ0n) is 16.6. The molecule has 0 bridgehead atoms. The molecule has 0 atom stereocenters. The second kappa shape index (κ2) is 10.6. The molecule has 0 aromatic heterocycles. The average Bonchev–Trinajstić information content (AvgIpc) is 2.72. The van der Waals surface area contributed by atoms with Crippen molar-refractivity contribution in [3.63, 3.8) is 0 Å². The number of phenolic OH excluding ortho intramolecular Hbond substituents is 2. The highest BCUT2D eigenvalue weighted by atomic mass is 16.5. The van der Waals surface area contributed by atoms with Crippen LogP contribution in [0.15, 0.2) is 60.4 Å². The van der Waals surface area contributed by atoms with Crippen LogP contribution in [0.25, 0.3) is 12.2 Å². The molecule has 0 spiro atoms. The lowest BCUT2D eigenvalue weighted by Crippen LogP contribution is -1.94. The van der Waals surface area contributed by atoms with E-state index in [1.54, 1.807) is 42.5 Å². The van der Waals surface area contributed by atoms with Gasteiger partial charge in [0.2, 0.25) is 0 Å². The van der Waals surface area contributed by atoms with E-state index in [1.807, 2.05) is 6.92 Å². The summed E-state index contributed by atoms with van der Waals surface area (Å²) in [7, 11) is 2.93. The molecule has 0 radical (unpaired) electrons. The summed E-state index contributed by atoms with van der Waals surface area (Å²) in [6.07, 6.45) is 7.84. The molecule has 0 unspecified atom stereocenters. The van der Waals surface area contributed by atoms with Crippen LogP contribution in [0.2, 0.25) is 0 Å². The Balaban J connectivity index is 2.15. The first-order valence-electron chi connectivity index (χ1n) is 8.95. The number of ketones is 1. The molecule has 0 aliphatic rings. The predicted molar refractivity (Wildman–Crippen MR) is 112 cm³/mol. The number of hydrogen-bond donors (Lipinski definition) is 2. The predicted octanol–water partition coefficient (Wildman–Crippen LogP) is 4.33. The Morgan fingerprint density at radius 2 is 1.41 bits per heavy atom. The number of ether oxygens (including phenoxy) is 3. The molecule has 2 N–H and O–H groups in total. The maximum atomic E-state index is 12.3. The highest BCUT2D eigenvalue weighted by Crippen LogP contribution is 2.27. The van der Waals surface area contributed by atoms with Crippen LogP contribution >= 0.6 is 0 Å². The van der Waals surface area contributed by atoms with Crippen LogP contribution in [-0.2, 0) is 9.53 Å². The summed E-state index contributed by atoms with van der Waals surface area (Å²) < 4.78 is 15.6. The van der Waals surface area contributed by atoms with Gasteiger partial charge in [0.05, 0.1) is 20.8 Å². The molecule has 2 rings (SSSR count). The molecule has 6 heteroatoms. The molecule has 0 amide bonds. The van der Waals surface area contributed by atoms with Crippen molar-refractivity contribution in [2.24, 2.45) is 0 Å². The topological polar surface area (TPSA) is 85.2 Å². The maximum Gasteiger partial charge on any atom is 0.182 e. The largest absolute Gasteiger partial charge is 0.504 e. The van der Waals surface area contributed by atoms with Crippen LogP contribution in [-0.4, -0.2) is 36.8 Å². The molecular weight excluding hydrogens is 372 g/mol. The van der Waals surface area contributed by atoms with E-state index in [0.717, 1.165) is 5.56 Å². The third-order valence-corrected chi connectivity index (χ3v) is 3.88. The van der Waals surface area contributed by atoms with Crippen molar-refractivity contribution in [3.05, 3.63) is 71.5 Å². The van der Waals surface area contributed by atoms with Gasteiger partial charge < -0.3 is 24.4 Å². The Labute approximate surface area is 170 Å². The average molecular weight is 396 g/mol. The minimum absolute atomic E-state index is 0.0329. The zero-order valence-corrected chi connectivity index (χ0v) is 16.6. The van der Waals surface area contributed by atoms with Crippen molar-refractivity contribution in [2.45, 2.75) is 6.92 Å². The van der Waals surface area contributed by atoms with Gasteiger partial charge in [0.25, 0.3) is 0 Å². The first kappa shape index (κ1) is 21.6. The number of aromatic hydroxyl groups is 2. The number of phenols is 2. The molecule has 0 fully saturated rings. The van der Waals surface area contributed by atoms with Crippen LogP contribution in [0.3, 0.4) is 0 Å². The van der Waals surface area contributed by atoms with Crippen molar-refractivity contribution in [3.8, 4) is 23.0 Å². The zero-order chi connectivity index (χ0) is 21.2. The van der Waals surface area contributed by atoms with Gasteiger partial charge in [0, 0.05) is 6.08 Å². The fraction of sp³-hybridized carbons (Fsp3) is 0.174. The smallest absolute Gasteiger partial charge is 0.182 e. The third-order valence-electron chi connectivity index (χ3n) is 3.88. The van der Waals surface area contributed by atoms with Gasteiger partial charge in [0.1, 0.15) is 5.76 Å². The van der Waals surface area contributed by atoms with Gasteiger partial charge in [-0.2, -0.15) is 0 Å². The molecule has 0 aliphatic heterocycles. The first-order valence-corrected chi connectivity index (χ1v) is 8.95. The summed E-state index contributed by atoms with van der Waals surface area (Å²) in [5.41, 5.74) is 1.50. The third kappa shape index (κ3) is 6.46. The highest BCUT2D eigenvalue weighted by molar-refractivity contribution is 6.02. The Morgan fingerprint density at radius 1 is 0.897 bits per heavy atom. The summed E-state index contributed by atoms with van der Waals surface area (Å²) in [4.78, 5) is 12.3. The Morgan fingerprint density at radius 3 is 1.90 bits per heavy atom. The Bertz CT molecular complexity index is 940. The van der Waals surface area contributed by atoms with Gasteiger partial charge in [-0.05, 0) is 54.5 Å². The number of benzene rings is 2. The van der Waals surface area contributed by atoms with Gasteiger partial charge >= 0.3 is 0 Å². The van der Waals surface area contributed by atoms with E-state index in [-0.39, 0.29) is 17.3 Å². The van der Waals surface area contributed by atoms with E-state index in [0.29, 0.717) is 29.4 Å². The van der Waals surface area contributed by atoms with Crippen LogP contribution in [0.1, 0.15) is 18.1 Å². The summed E-state index contributed by atoms with van der Waals surface area (Å²) >= 11 is 0. The second-order valence-electron chi connectivity index (χ2n) is 5.91. The highest BCUT2D eigenvalue weighted by Gasteiger charge is 2.03. The van der Waals surface area contributed by atoms with Gasteiger partial charge in [-0.15, -0.1) is 0 Å². The van der Waals surface area contributed by atoms with Crippen molar-refractivity contribution >= 4 is 17.9 Å². The van der Waals surface area contributed by atoms with Crippen LogP contribution < -0.4 is 9.47 Å². The number of allylic oxidation sites excluding steroid dienone is 3.